The highest BCUT2D eigenvalue weighted by Gasteiger charge is 2.20. The summed E-state index contributed by atoms with van der Waals surface area (Å²) in [6, 6.07) is 10.8. The Balaban J connectivity index is 1.38. The van der Waals surface area contributed by atoms with E-state index in [0.29, 0.717) is 29.9 Å². The molecule has 0 N–H and O–H groups in total. The first-order chi connectivity index (χ1) is 12.4. The van der Waals surface area contributed by atoms with Gasteiger partial charge in [0, 0.05) is 12.4 Å². The van der Waals surface area contributed by atoms with Gasteiger partial charge in [0.05, 0.1) is 12.7 Å². The van der Waals surface area contributed by atoms with Gasteiger partial charge in [-0.15, -0.1) is 0 Å². The first-order valence-electron chi connectivity index (χ1n) is 8.75. The van der Waals surface area contributed by atoms with Crippen molar-refractivity contribution in [3.05, 3.63) is 60.4 Å². The lowest BCUT2D eigenvalue weighted by Gasteiger charge is -2.18. The van der Waals surface area contributed by atoms with Crippen LogP contribution in [0.3, 0.4) is 0 Å². The highest BCUT2D eigenvalue weighted by Crippen LogP contribution is 2.28. The molecule has 1 saturated heterocycles. The average molecular weight is 335 g/mol. The zero-order chi connectivity index (χ0) is 16.9. The largest absolute Gasteiger partial charge is 0.337 e. The summed E-state index contributed by atoms with van der Waals surface area (Å²) in [7, 11) is 0. The summed E-state index contributed by atoms with van der Waals surface area (Å²) >= 11 is 0. The summed E-state index contributed by atoms with van der Waals surface area (Å²) in [6.45, 7) is 2.80. The Morgan fingerprint density at radius 1 is 1.08 bits per heavy atom. The van der Waals surface area contributed by atoms with Gasteiger partial charge in [0.2, 0.25) is 11.7 Å². The molecule has 128 valence electrons. The minimum absolute atomic E-state index is 0.500. The summed E-state index contributed by atoms with van der Waals surface area (Å²) in [6.07, 6.45) is 8.48. The van der Waals surface area contributed by atoms with E-state index in [-0.39, 0.29) is 0 Å². The molecule has 2 aromatic heterocycles. The van der Waals surface area contributed by atoms with Crippen molar-refractivity contribution in [1.82, 2.24) is 25.0 Å². The normalized spacial score (nSPS) is 18.8. The van der Waals surface area contributed by atoms with Gasteiger partial charge in [-0.25, -0.2) is 4.98 Å². The molecule has 6 nitrogen and oxygen atoms in total. The standard InChI is InChI=1S/C19H21N5O/c1-2-5-15(6-3-1)16-7-4-11-24(12-8-16)14-18-22-19(23-25-18)17-13-20-9-10-21-17/h1-3,5-6,9-10,13,16H,4,7-8,11-12,14H2. The zero-order valence-electron chi connectivity index (χ0n) is 14.1. The molecule has 3 aromatic rings. The lowest BCUT2D eigenvalue weighted by atomic mass is 9.92. The quantitative estimate of drug-likeness (QED) is 0.729. The number of benzene rings is 1. The van der Waals surface area contributed by atoms with E-state index >= 15 is 0 Å². The fraction of sp³-hybridized carbons (Fsp3) is 0.368. The number of nitrogens with zero attached hydrogens (tertiary/aromatic N) is 5. The van der Waals surface area contributed by atoms with Gasteiger partial charge in [-0.05, 0) is 43.8 Å². The van der Waals surface area contributed by atoms with E-state index in [1.165, 1.54) is 18.4 Å². The van der Waals surface area contributed by atoms with Gasteiger partial charge in [-0.2, -0.15) is 4.98 Å². The average Bonchev–Trinajstić information content (AvgIpc) is 3.01. The second-order valence-corrected chi connectivity index (χ2v) is 6.42. The molecular formula is C19H21N5O. The van der Waals surface area contributed by atoms with Crippen LogP contribution in [0.2, 0.25) is 0 Å². The molecule has 0 saturated carbocycles. The number of rotatable bonds is 4. The molecule has 3 heterocycles. The highest BCUT2D eigenvalue weighted by molar-refractivity contribution is 5.45. The molecule has 1 aliphatic heterocycles. The van der Waals surface area contributed by atoms with Crippen LogP contribution in [0.15, 0.2) is 53.4 Å². The minimum atomic E-state index is 0.500. The zero-order valence-corrected chi connectivity index (χ0v) is 14.1. The number of likely N-dealkylation sites (tertiary alicyclic amines) is 1. The van der Waals surface area contributed by atoms with E-state index in [2.05, 4.69) is 55.3 Å². The SMILES string of the molecule is c1ccc(C2CCCN(Cc3nc(-c4cnccn4)no3)CC2)cc1. The molecule has 25 heavy (non-hydrogen) atoms. The van der Waals surface area contributed by atoms with E-state index < -0.39 is 0 Å². The van der Waals surface area contributed by atoms with E-state index in [1.54, 1.807) is 18.6 Å². The van der Waals surface area contributed by atoms with E-state index in [4.69, 9.17) is 4.52 Å². The Morgan fingerprint density at radius 3 is 2.84 bits per heavy atom. The molecule has 6 heteroatoms. The Bertz CT molecular complexity index is 790. The van der Waals surface area contributed by atoms with Crippen molar-refractivity contribution in [2.24, 2.45) is 0 Å². The maximum atomic E-state index is 5.40. The van der Waals surface area contributed by atoms with E-state index in [9.17, 15) is 0 Å². The summed E-state index contributed by atoms with van der Waals surface area (Å²) in [5, 5.41) is 4.02. The van der Waals surface area contributed by atoms with Crippen LogP contribution < -0.4 is 0 Å². The molecule has 4 rings (SSSR count). The number of hydrogen-bond donors (Lipinski definition) is 0. The van der Waals surface area contributed by atoms with Gasteiger partial charge in [-0.3, -0.25) is 9.88 Å². The highest BCUT2D eigenvalue weighted by atomic mass is 16.5. The van der Waals surface area contributed by atoms with Crippen LogP contribution in [0.25, 0.3) is 11.5 Å². The lowest BCUT2D eigenvalue weighted by Crippen LogP contribution is -2.24. The predicted molar refractivity (Wildman–Crippen MR) is 93.6 cm³/mol. The van der Waals surface area contributed by atoms with E-state index in [0.717, 1.165) is 19.5 Å². The van der Waals surface area contributed by atoms with Crippen LogP contribution in [0, 0.1) is 0 Å². The predicted octanol–water partition coefficient (Wildman–Crippen LogP) is 3.30. The van der Waals surface area contributed by atoms with Gasteiger partial charge in [0.1, 0.15) is 5.69 Å². The van der Waals surface area contributed by atoms with Crippen molar-refractivity contribution >= 4 is 0 Å². The van der Waals surface area contributed by atoms with Crippen LogP contribution in [0.1, 0.15) is 36.6 Å². The third-order valence-corrected chi connectivity index (χ3v) is 4.71. The van der Waals surface area contributed by atoms with Gasteiger partial charge < -0.3 is 4.52 Å². The first-order valence-corrected chi connectivity index (χ1v) is 8.75. The van der Waals surface area contributed by atoms with E-state index in [1.807, 2.05) is 0 Å². The second kappa shape index (κ2) is 7.53. The van der Waals surface area contributed by atoms with Crippen LogP contribution in [0.5, 0.6) is 0 Å². The lowest BCUT2D eigenvalue weighted by molar-refractivity contribution is 0.233. The van der Waals surface area contributed by atoms with Gasteiger partial charge in [0.15, 0.2) is 0 Å². The van der Waals surface area contributed by atoms with Crippen molar-refractivity contribution in [2.75, 3.05) is 13.1 Å². The van der Waals surface area contributed by atoms with Crippen LogP contribution in [0.4, 0.5) is 0 Å². The molecule has 1 aliphatic rings. The van der Waals surface area contributed by atoms with Gasteiger partial charge in [0.25, 0.3) is 0 Å². The maximum Gasteiger partial charge on any atom is 0.241 e. The smallest absolute Gasteiger partial charge is 0.241 e. The van der Waals surface area contributed by atoms with Gasteiger partial charge >= 0.3 is 0 Å². The molecule has 0 bridgehead atoms. The van der Waals surface area contributed by atoms with Crippen molar-refractivity contribution in [1.29, 1.82) is 0 Å². The molecule has 0 aliphatic carbocycles. The summed E-state index contributed by atoms with van der Waals surface area (Å²) < 4.78 is 5.40. The van der Waals surface area contributed by atoms with Crippen molar-refractivity contribution in [3.63, 3.8) is 0 Å². The van der Waals surface area contributed by atoms with Crippen LogP contribution in [-0.2, 0) is 6.54 Å². The third-order valence-electron chi connectivity index (χ3n) is 4.71. The molecule has 1 fully saturated rings. The van der Waals surface area contributed by atoms with Crippen LogP contribution in [-0.4, -0.2) is 38.1 Å². The Kier molecular flexibility index (Phi) is 4.79. The summed E-state index contributed by atoms with van der Waals surface area (Å²) in [5.74, 6) is 1.78. The maximum absolute atomic E-state index is 5.40. The number of aromatic nitrogens is 4. The Morgan fingerprint density at radius 2 is 2.00 bits per heavy atom. The monoisotopic (exact) mass is 335 g/mol. The first kappa shape index (κ1) is 15.9. The topological polar surface area (TPSA) is 67.9 Å². The van der Waals surface area contributed by atoms with Crippen molar-refractivity contribution in [2.45, 2.75) is 31.7 Å². The fourth-order valence-electron chi connectivity index (χ4n) is 3.40. The molecule has 0 spiro atoms. The fourth-order valence-corrected chi connectivity index (χ4v) is 3.40. The molecular weight excluding hydrogens is 314 g/mol. The summed E-state index contributed by atoms with van der Waals surface area (Å²) in [4.78, 5) is 15.1. The molecule has 0 radical (unpaired) electrons. The molecule has 0 amide bonds. The Hall–Kier alpha value is -2.60. The number of hydrogen-bond acceptors (Lipinski definition) is 6. The van der Waals surface area contributed by atoms with Crippen LogP contribution >= 0.6 is 0 Å². The molecule has 1 unspecified atom stereocenters. The Labute approximate surface area is 146 Å². The second-order valence-electron chi connectivity index (χ2n) is 6.42. The minimum Gasteiger partial charge on any atom is -0.337 e. The summed E-state index contributed by atoms with van der Waals surface area (Å²) in [5.41, 5.74) is 2.09. The molecule has 1 atom stereocenters. The van der Waals surface area contributed by atoms with Gasteiger partial charge in [-0.1, -0.05) is 35.5 Å². The van der Waals surface area contributed by atoms with Crippen molar-refractivity contribution < 1.29 is 4.52 Å². The third kappa shape index (κ3) is 3.91. The molecule has 1 aromatic carbocycles. The van der Waals surface area contributed by atoms with Crippen molar-refractivity contribution in [3.8, 4) is 11.5 Å².